The van der Waals surface area contributed by atoms with E-state index in [1.807, 2.05) is 25.1 Å². The van der Waals surface area contributed by atoms with E-state index < -0.39 is 13.0 Å². The number of methoxy groups -OCH3 is 1. The van der Waals surface area contributed by atoms with Crippen LogP contribution in [0.15, 0.2) is 18.2 Å². The van der Waals surface area contributed by atoms with E-state index in [4.69, 9.17) is 9.47 Å². The van der Waals surface area contributed by atoms with Crippen molar-refractivity contribution in [1.82, 2.24) is 0 Å². The molecule has 18 heavy (non-hydrogen) atoms. The van der Waals surface area contributed by atoms with Gasteiger partial charge in [0, 0.05) is 11.4 Å². The van der Waals surface area contributed by atoms with Gasteiger partial charge in [0.2, 0.25) is 0 Å². The van der Waals surface area contributed by atoms with Gasteiger partial charge in [0.25, 0.3) is 6.43 Å². The molecule has 0 amide bonds. The molecule has 0 aliphatic rings. The van der Waals surface area contributed by atoms with E-state index in [0.29, 0.717) is 13.0 Å². The molecule has 1 rings (SSSR count). The fourth-order valence-electron chi connectivity index (χ4n) is 1.62. The van der Waals surface area contributed by atoms with Gasteiger partial charge in [-0.1, -0.05) is 28.1 Å². The quantitative estimate of drug-likeness (QED) is 0.555. The monoisotopic (exact) mass is 322 g/mol. The highest BCUT2D eigenvalue weighted by Crippen LogP contribution is 2.29. The van der Waals surface area contributed by atoms with Crippen molar-refractivity contribution in [3.05, 3.63) is 29.3 Å². The van der Waals surface area contributed by atoms with Gasteiger partial charge in [0.15, 0.2) is 0 Å². The molecule has 1 atom stereocenters. The molecule has 1 unspecified atom stereocenters. The van der Waals surface area contributed by atoms with Crippen molar-refractivity contribution < 1.29 is 18.3 Å². The number of hydrogen-bond acceptors (Lipinski definition) is 2. The minimum Gasteiger partial charge on any atom is -0.496 e. The maximum Gasteiger partial charge on any atom is 0.261 e. The maximum absolute atomic E-state index is 11.9. The van der Waals surface area contributed by atoms with Crippen molar-refractivity contribution in [3.8, 4) is 5.75 Å². The van der Waals surface area contributed by atoms with Crippen LogP contribution in [0.25, 0.3) is 0 Å². The van der Waals surface area contributed by atoms with Crippen LogP contribution >= 0.6 is 15.9 Å². The van der Waals surface area contributed by atoms with Crippen molar-refractivity contribution in [2.24, 2.45) is 0 Å². The Kier molecular flexibility index (Phi) is 6.57. The van der Waals surface area contributed by atoms with Gasteiger partial charge in [-0.25, -0.2) is 8.78 Å². The minimum atomic E-state index is -2.40. The number of hydrogen-bond donors (Lipinski definition) is 0. The fraction of sp³-hybridized carbons (Fsp3) is 0.538. The molecule has 0 aromatic heterocycles. The van der Waals surface area contributed by atoms with E-state index >= 15 is 0 Å². The lowest BCUT2D eigenvalue weighted by molar-refractivity contribution is 0.0167. The molecule has 2 nitrogen and oxygen atoms in total. The molecule has 0 N–H and O–H groups in total. The summed E-state index contributed by atoms with van der Waals surface area (Å²) in [6, 6.07) is 5.88. The van der Waals surface area contributed by atoms with Crippen LogP contribution in [-0.2, 0) is 4.74 Å². The normalized spacial score (nSPS) is 12.8. The van der Waals surface area contributed by atoms with Crippen LogP contribution in [0.2, 0.25) is 0 Å². The summed E-state index contributed by atoms with van der Waals surface area (Å²) in [6.45, 7) is 1.78. The Bertz CT molecular complexity index is 372. The number of aryl methyl sites for hydroxylation is 1. The average molecular weight is 323 g/mol. The van der Waals surface area contributed by atoms with Crippen LogP contribution < -0.4 is 4.74 Å². The summed E-state index contributed by atoms with van der Waals surface area (Å²) in [5.74, 6) is 0.840. The van der Waals surface area contributed by atoms with E-state index in [0.717, 1.165) is 16.9 Å². The van der Waals surface area contributed by atoms with E-state index in [2.05, 4.69) is 15.9 Å². The van der Waals surface area contributed by atoms with Crippen molar-refractivity contribution in [2.45, 2.75) is 24.6 Å². The standard InChI is InChI=1S/C13H17BrF2O2/c1-9-7-10(3-4-12(9)17-2)11(14)5-6-18-8-13(15)16/h3-4,7,11,13H,5-6,8H2,1-2H3. The lowest BCUT2D eigenvalue weighted by Gasteiger charge is -2.13. The van der Waals surface area contributed by atoms with E-state index in [-0.39, 0.29) is 4.83 Å². The molecule has 1 aromatic rings. The zero-order valence-electron chi connectivity index (χ0n) is 10.5. The third-order valence-electron chi connectivity index (χ3n) is 2.54. The minimum absolute atomic E-state index is 0.0970. The molecule has 0 aliphatic carbocycles. The largest absolute Gasteiger partial charge is 0.496 e. The predicted molar refractivity (Wildman–Crippen MR) is 70.8 cm³/mol. The lowest BCUT2D eigenvalue weighted by atomic mass is 10.1. The first-order valence-electron chi connectivity index (χ1n) is 5.69. The summed E-state index contributed by atoms with van der Waals surface area (Å²) >= 11 is 3.53. The van der Waals surface area contributed by atoms with Crippen LogP contribution in [0.5, 0.6) is 5.75 Å². The number of ether oxygens (including phenoxy) is 2. The molecule has 0 spiro atoms. The SMILES string of the molecule is COc1ccc(C(Br)CCOCC(F)F)cc1C. The zero-order chi connectivity index (χ0) is 13.5. The molecule has 0 aliphatic heterocycles. The van der Waals surface area contributed by atoms with Crippen LogP contribution in [0.4, 0.5) is 8.78 Å². The van der Waals surface area contributed by atoms with E-state index in [1.54, 1.807) is 7.11 Å². The molecule has 0 saturated heterocycles. The van der Waals surface area contributed by atoms with Crippen LogP contribution in [-0.4, -0.2) is 26.7 Å². The molecule has 1 aromatic carbocycles. The summed E-state index contributed by atoms with van der Waals surface area (Å²) in [6.07, 6.45) is -1.75. The number of alkyl halides is 3. The van der Waals surface area contributed by atoms with Crippen molar-refractivity contribution >= 4 is 15.9 Å². The molecule has 0 heterocycles. The van der Waals surface area contributed by atoms with Crippen molar-refractivity contribution in [1.29, 1.82) is 0 Å². The Morgan fingerprint density at radius 3 is 2.61 bits per heavy atom. The third kappa shape index (κ3) is 4.90. The van der Waals surface area contributed by atoms with Crippen LogP contribution in [0.1, 0.15) is 22.4 Å². The van der Waals surface area contributed by atoms with Crippen LogP contribution in [0, 0.1) is 6.92 Å². The molecular formula is C13H17BrF2O2. The average Bonchev–Trinajstić information content (AvgIpc) is 2.34. The van der Waals surface area contributed by atoms with Gasteiger partial charge in [-0.15, -0.1) is 0 Å². The molecule has 0 radical (unpaired) electrons. The summed E-state index contributed by atoms with van der Waals surface area (Å²) in [4.78, 5) is 0.0970. The van der Waals surface area contributed by atoms with Gasteiger partial charge in [0.1, 0.15) is 12.4 Å². The summed E-state index contributed by atoms with van der Waals surface area (Å²) in [7, 11) is 1.63. The fourth-order valence-corrected chi connectivity index (χ4v) is 2.09. The third-order valence-corrected chi connectivity index (χ3v) is 3.53. The van der Waals surface area contributed by atoms with Gasteiger partial charge in [-0.05, 0) is 30.5 Å². The molecule has 0 saturated carbocycles. The maximum atomic E-state index is 11.9. The lowest BCUT2D eigenvalue weighted by Crippen LogP contribution is -2.06. The molecule has 0 fully saturated rings. The zero-order valence-corrected chi connectivity index (χ0v) is 12.0. The second kappa shape index (κ2) is 7.69. The first-order valence-corrected chi connectivity index (χ1v) is 6.60. The highest BCUT2D eigenvalue weighted by atomic mass is 79.9. The molecule has 102 valence electrons. The molecular weight excluding hydrogens is 306 g/mol. The van der Waals surface area contributed by atoms with Crippen molar-refractivity contribution in [2.75, 3.05) is 20.3 Å². The number of halogens is 3. The van der Waals surface area contributed by atoms with Gasteiger partial charge < -0.3 is 9.47 Å². The Morgan fingerprint density at radius 2 is 2.06 bits per heavy atom. The van der Waals surface area contributed by atoms with Gasteiger partial charge in [-0.3, -0.25) is 0 Å². The summed E-state index contributed by atoms with van der Waals surface area (Å²) < 4.78 is 33.8. The second-order valence-electron chi connectivity index (χ2n) is 3.95. The Labute approximate surface area is 114 Å². The Balaban J connectivity index is 2.46. The summed E-state index contributed by atoms with van der Waals surface area (Å²) in [5.41, 5.74) is 2.14. The van der Waals surface area contributed by atoms with Gasteiger partial charge in [0.05, 0.1) is 7.11 Å². The first-order chi connectivity index (χ1) is 8.54. The highest BCUT2D eigenvalue weighted by Gasteiger charge is 2.10. The van der Waals surface area contributed by atoms with Crippen LogP contribution in [0.3, 0.4) is 0 Å². The second-order valence-corrected chi connectivity index (χ2v) is 5.06. The number of benzene rings is 1. The van der Waals surface area contributed by atoms with Crippen molar-refractivity contribution in [3.63, 3.8) is 0 Å². The predicted octanol–water partition coefficient (Wildman–Crippen LogP) is 4.11. The highest BCUT2D eigenvalue weighted by molar-refractivity contribution is 9.09. The smallest absolute Gasteiger partial charge is 0.261 e. The van der Waals surface area contributed by atoms with Gasteiger partial charge >= 0.3 is 0 Å². The molecule has 0 bridgehead atoms. The first kappa shape index (κ1) is 15.4. The topological polar surface area (TPSA) is 18.5 Å². The van der Waals surface area contributed by atoms with E-state index in [9.17, 15) is 8.78 Å². The van der Waals surface area contributed by atoms with E-state index in [1.165, 1.54) is 0 Å². The summed E-state index contributed by atoms with van der Waals surface area (Å²) in [5, 5.41) is 0. The Hall–Kier alpha value is -0.680. The Morgan fingerprint density at radius 1 is 1.33 bits per heavy atom. The number of rotatable bonds is 7. The molecule has 5 heteroatoms. The van der Waals surface area contributed by atoms with Gasteiger partial charge in [-0.2, -0.15) is 0 Å².